The maximum Gasteiger partial charge on any atom is 0.339 e. The lowest BCUT2D eigenvalue weighted by Gasteiger charge is -2.05. The molecule has 1 fully saturated rings. The van der Waals surface area contributed by atoms with Crippen LogP contribution >= 0.6 is 11.6 Å². The molecule has 0 radical (unpaired) electrons. The van der Waals surface area contributed by atoms with Crippen LogP contribution in [-0.2, 0) is 4.74 Å². The first-order valence-corrected chi connectivity index (χ1v) is 5.63. The first-order chi connectivity index (χ1) is 7.67. The molecule has 1 aliphatic carbocycles. The molecule has 1 aromatic carbocycles. The van der Waals surface area contributed by atoms with E-state index in [-0.39, 0.29) is 0 Å². The van der Waals surface area contributed by atoms with Gasteiger partial charge in [0.15, 0.2) is 0 Å². The first-order valence-electron chi connectivity index (χ1n) is 5.25. The van der Waals surface area contributed by atoms with Crippen molar-refractivity contribution in [1.29, 1.82) is 0 Å². The van der Waals surface area contributed by atoms with Crippen molar-refractivity contribution in [2.45, 2.75) is 12.3 Å². The SMILES string of the molecule is COC(=O)c1ccc(C2CC2CN)cc1Cl. The molecule has 2 unspecified atom stereocenters. The summed E-state index contributed by atoms with van der Waals surface area (Å²) in [5.74, 6) is 0.678. The Hall–Kier alpha value is -1.06. The predicted octanol–water partition coefficient (Wildman–Crippen LogP) is 2.19. The fourth-order valence-corrected chi connectivity index (χ4v) is 2.22. The molecule has 2 rings (SSSR count). The van der Waals surface area contributed by atoms with E-state index in [0.717, 1.165) is 12.0 Å². The van der Waals surface area contributed by atoms with E-state index in [9.17, 15) is 4.79 Å². The maximum absolute atomic E-state index is 11.3. The summed E-state index contributed by atoms with van der Waals surface area (Å²) < 4.78 is 4.63. The van der Waals surface area contributed by atoms with Gasteiger partial charge in [-0.2, -0.15) is 0 Å². The number of ether oxygens (including phenoxy) is 1. The highest BCUT2D eigenvalue weighted by molar-refractivity contribution is 6.33. The van der Waals surface area contributed by atoms with Crippen LogP contribution in [0.5, 0.6) is 0 Å². The largest absolute Gasteiger partial charge is 0.465 e. The summed E-state index contributed by atoms with van der Waals surface area (Å²) in [4.78, 5) is 11.3. The van der Waals surface area contributed by atoms with Gasteiger partial charge in [-0.25, -0.2) is 4.79 Å². The van der Waals surface area contributed by atoms with E-state index in [1.165, 1.54) is 7.11 Å². The topological polar surface area (TPSA) is 52.3 Å². The van der Waals surface area contributed by atoms with E-state index in [1.54, 1.807) is 6.07 Å². The van der Waals surface area contributed by atoms with E-state index < -0.39 is 5.97 Å². The van der Waals surface area contributed by atoms with Crippen LogP contribution in [0, 0.1) is 5.92 Å². The standard InChI is InChI=1S/C12H14ClNO2/c1-16-12(15)9-3-2-7(5-11(9)13)10-4-8(10)6-14/h2-3,5,8,10H,4,6,14H2,1H3. The van der Waals surface area contributed by atoms with Gasteiger partial charge in [-0.15, -0.1) is 0 Å². The van der Waals surface area contributed by atoms with Gasteiger partial charge in [-0.3, -0.25) is 0 Å². The van der Waals surface area contributed by atoms with Gasteiger partial charge in [0.25, 0.3) is 0 Å². The Morgan fingerprint density at radius 1 is 1.62 bits per heavy atom. The monoisotopic (exact) mass is 239 g/mol. The highest BCUT2D eigenvalue weighted by Gasteiger charge is 2.37. The van der Waals surface area contributed by atoms with Crippen LogP contribution in [0.3, 0.4) is 0 Å². The zero-order valence-electron chi connectivity index (χ0n) is 9.07. The molecule has 4 heteroatoms. The second-order valence-corrected chi connectivity index (χ2v) is 4.48. The number of nitrogens with two attached hydrogens (primary N) is 1. The van der Waals surface area contributed by atoms with Gasteiger partial charge in [0.2, 0.25) is 0 Å². The van der Waals surface area contributed by atoms with E-state index >= 15 is 0 Å². The third-order valence-electron chi connectivity index (χ3n) is 3.05. The molecular formula is C12H14ClNO2. The second-order valence-electron chi connectivity index (χ2n) is 4.07. The molecule has 0 amide bonds. The van der Waals surface area contributed by atoms with Crippen LogP contribution in [0.15, 0.2) is 18.2 Å². The van der Waals surface area contributed by atoms with Crippen LogP contribution in [0.2, 0.25) is 5.02 Å². The van der Waals surface area contributed by atoms with E-state index in [4.69, 9.17) is 17.3 Å². The van der Waals surface area contributed by atoms with E-state index in [0.29, 0.717) is 29.0 Å². The Bertz CT molecular complexity index is 419. The lowest BCUT2D eigenvalue weighted by Crippen LogP contribution is -2.04. The van der Waals surface area contributed by atoms with Crippen LogP contribution in [0.1, 0.15) is 28.3 Å². The average Bonchev–Trinajstić information content (AvgIpc) is 3.07. The average molecular weight is 240 g/mol. The zero-order chi connectivity index (χ0) is 11.7. The van der Waals surface area contributed by atoms with Gasteiger partial charge in [-0.1, -0.05) is 17.7 Å². The van der Waals surface area contributed by atoms with Crippen molar-refractivity contribution >= 4 is 17.6 Å². The normalized spacial score (nSPS) is 22.9. The minimum Gasteiger partial charge on any atom is -0.465 e. The van der Waals surface area contributed by atoms with Crippen molar-refractivity contribution in [2.75, 3.05) is 13.7 Å². The number of hydrogen-bond acceptors (Lipinski definition) is 3. The summed E-state index contributed by atoms with van der Waals surface area (Å²) in [7, 11) is 1.35. The number of rotatable bonds is 3. The number of esters is 1. The molecule has 0 aromatic heterocycles. The zero-order valence-corrected chi connectivity index (χ0v) is 9.83. The Kier molecular flexibility index (Phi) is 3.17. The minimum atomic E-state index is -0.400. The fourth-order valence-electron chi connectivity index (χ4n) is 1.95. The smallest absolute Gasteiger partial charge is 0.339 e. The minimum absolute atomic E-state index is 0.400. The third kappa shape index (κ3) is 2.06. The summed E-state index contributed by atoms with van der Waals surface area (Å²) in [5, 5.41) is 0.451. The number of methoxy groups -OCH3 is 1. The Balaban J connectivity index is 2.20. The van der Waals surface area contributed by atoms with Crippen molar-refractivity contribution in [3.8, 4) is 0 Å². The lowest BCUT2D eigenvalue weighted by atomic mass is 10.1. The van der Waals surface area contributed by atoms with E-state index in [1.807, 2.05) is 12.1 Å². The highest BCUT2D eigenvalue weighted by atomic mass is 35.5. The van der Waals surface area contributed by atoms with Crippen molar-refractivity contribution < 1.29 is 9.53 Å². The molecule has 1 saturated carbocycles. The maximum atomic E-state index is 11.3. The van der Waals surface area contributed by atoms with Crippen LogP contribution < -0.4 is 5.73 Å². The molecule has 2 atom stereocenters. The van der Waals surface area contributed by atoms with Gasteiger partial charge in [0.05, 0.1) is 17.7 Å². The summed E-state index contributed by atoms with van der Waals surface area (Å²) in [6.45, 7) is 0.709. The van der Waals surface area contributed by atoms with Crippen molar-refractivity contribution in [3.05, 3.63) is 34.3 Å². The molecule has 2 N–H and O–H groups in total. The number of hydrogen-bond donors (Lipinski definition) is 1. The molecule has 0 aliphatic heterocycles. The van der Waals surface area contributed by atoms with Gasteiger partial charge in [0, 0.05) is 0 Å². The van der Waals surface area contributed by atoms with Crippen molar-refractivity contribution in [2.24, 2.45) is 11.7 Å². The van der Waals surface area contributed by atoms with Gasteiger partial charge >= 0.3 is 5.97 Å². The number of halogens is 1. The molecule has 1 aromatic rings. The van der Waals surface area contributed by atoms with Crippen molar-refractivity contribution in [3.63, 3.8) is 0 Å². The molecule has 3 nitrogen and oxygen atoms in total. The summed E-state index contributed by atoms with van der Waals surface area (Å²) in [6, 6.07) is 5.49. The van der Waals surface area contributed by atoms with E-state index in [2.05, 4.69) is 4.74 Å². The number of benzene rings is 1. The molecule has 1 aliphatic rings. The van der Waals surface area contributed by atoms with Gasteiger partial charge in [-0.05, 0) is 42.5 Å². The Morgan fingerprint density at radius 2 is 2.38 bits per heavy atom. The van der Waals surface area contributed by atoms with Gasteiger partial charge in [0.1, 0.15) is 0 Å². The molecule has 0 heterocycles. The molecule has 16 heavy (non-hydrogen) atoms. The number of carbonyl (C=O) groups is 1. The fraction of sp³-hybridized carbons (Fsp3) is 0.417. The molecule has 0 saturated heterocycles. The summed E-state index contributed by atoms with van der Waals surface area (Å²) >= 11 is 6.03. The molecule has 0 bridgehead atoms. The molecular weight excluding hydrogens is 226 g/mol. The summed E-state index contributed by atoms with van der Waals surface area (Å²) in [5.41, 5.74) is 7.17. The Labute approximate surface area is 99.5 Å². The van der Waals surface area contributed by atoms with Crippen molar-refractivity contribution in [1.82, 2.24) is 0 Å². The Morgan fingerprint density at radius 3 is 2.88 bits per heavy atom. The van der Waals surface area contributed by atoms with Crippen LogP contribution in [0.25, 0.3) is 0 Å². The third-order valence-corrected chi connectivity index (χ3v) is 3.36. The van der Waals surface area contributed by atoms with Gasteiger partial charge < -0.3 is 10.5 Å². The number of carbonyl (C=O) groups excluding carboxylic acids is 1. The highest BCUT2D eigenvalue weighted by Crippen LogP contribution is 2.47. The predicted molar refractivity (Wildman–Crippen MR) is 62.7 cm³/mol. The summed E-state index contributed by atoms with van der Waals surface area (Å²) in [6.07, 6.45) is 1.12. The lowest BCUT2D eigenvalue weighted by molar-refractivity contribution is 0.0601. The molecule has 0 spiro atoms. The quantitative estimate of drug-likeness (QED) is 0.823. The second kappa shape index (κ2) is 4.44. The first kappa shape index (κ1) is 11.4. The molecule has 86 valence electrons. The van der Waals surface area contributed by atoms with Crippen LogP contribution in [-0.4, -0.2) is 19.6 Å². The van der Waals surface area contributed by atoms with Crippen LogP contribution in [0.4, 0.5) is 0 Å².